The van der Waals surface area contributed by atoms with Crippen LogP contribution in [0.3, 0.4) is 0 Å². The molecule has 4 heteroatoms. The van der Waals surface area contributed by atoms with Crippen molar-refractivity contribution in [2.45, 2.75) is 25.3 Å². The molecule has 1 aromatic rings. The lowest BCUT2D eigenvalue weighted by Gasteiger charge is -2.36. The van der Waals surface area contributed by atoms with Crippen molar-refractivity contribution < 1.29 is 14.3 Å². The zero-order chi connectivity index (χ0) is 12.3. The van der Waals surface area contributed by atoms with Crippen LogP contribution in [0.1, 0.15) is 29.6 Å². The molecule has 1 aliphatic rings. The van der Waals surface area contributed by atoms with Crippen molar-refractivity contribution in [1.29, 1.82) is 0 Å². The van der Waals surface area contributed by atoms with E-state index in [1.165, 1.54) is 6.07 Å². The van der Waals surface area contributed by atoms with Crippen LogP contribution in [0, 0.1) is 5.82 Å². The van der Waals surface area contributed by atoms with Gasteiger partial charge >= 0.3 is 0 Å². The maximum absolute atomic E-state index is 13.8. The summed E-state index contributed by atoms with van der Waals surface area (Å²) >= 11 is 0. The van der Waals surface area contributed by atoms with Crippen LogP contribution in [0.25, 0.3) is 0 Å². The van der Waals surface area contributed by atoms with Crippen molar-refractivity contribution in [2.75, 3.05) is 18.1 Å². The summed E-state index contributed by atoms with van der Waals surface area (Å²) in [7, 11) is 0. The standard InChI is InChI=1S/C13H16FNO2/c14-12-7-10(8-16)4-5-13(12)15-6-2-1-3-11(15)9-17/h4-5,7-8,11,17H,1-3,6,9H2. The molecule has 0 spiro atoms. The smallest absolute Gasteiger partial charge is 0.150 e. The zero-order valence-corrected chi connectivity index (χ0v) is 9.60. The zero-order valence-electron chi connectivity index (χ0n) is 9.60. The minimum Gasteiger partial charge on any atom is -0.394 e. The predicted molar refractivity (Wildman–Crippen MR) is 63.9 cm³/mol. The van der Waals surface area contributed by atoms with E-state index in [-0.39, 0.29) is 12.6 Å². The maximum atomic E-state index is 13.8. The summed E-state index contributed by atoms with van der Waals surface area (Å²) in [6, 6.07) is 4.45. The van der Waals surface area contributed by atoms with E-state index in [4.69, 9.17) is 0 Å². The van der Waals surface area contributed by atoms with Gasteiger partial charge in [-0.3, -0.25) is 4.79 Å². The minimum atomic E-state index is -0.394. The van der Waals surface area contributed by atoms with Gasteiger partial charge in [0.25, 0.3) is 0 Å². The van der Waals surface area contributed by atoms with Crippen LogP contribution in [0.4, 0.5) is 10.1 Å². The van der Waals surface area contributed by atoms with E-state index in [0.717, 1.165) is 25.8 Å². The molecule has 0 aromatic heterocycles. The normalized spacial score (nSPS) is 20.4. The number of halogens is 1. The highest BCUT2D eigenvalue weighted by atomic mass is 19.1. The van der Waals surface area contributed by atoms with Crippen LogP contribution >= 0.6 is 0 Å². The fourth-order valence-corrected chi connectivity index (χ4v) is 2.34. The monoisotopic (exact) mass is 237 g/mol. The Hall–Kier alpha value is -1.42. The van der Waals surface area contributed by atoms with E-state index in [0.29, 0.717) is 17.5 Å². The number of rotatable bonds is 3. The number of aldehydes is 1. The molecule has 17 heavy (non-hydrogen) atoms. The van der Waals surface area contributed by atoms with Gasteiger partial charge in [0.15, 0.2) is 0 Å². The number of carbonyl (C=O) groups is 1. The molecule has 0 aliphatic carbocycles. The molecule has 0 amide bonds. The molecule has 1 unspecified atom stereocenters. The van der Waals surface area contributed by atoms with E-state index in [9.17, 15) is 14.3 Å². The first-order valence-corrected chi connectivity index (χ1v) is 5.88. The number of hydrogen-bond donors (Lipinski definition) is 1. The van der Waals surface area contributed by atoms with Crippen molar-refractivity contribution >= 4 is 12.0 Å². The van der Waals surface area contributed by atoms with Crippen LogP contribution in [0.2, 0.25) is 0 Å². The molecule has 0 radical (unpaired) electrons. The second-order valence-corrected chi connectivity index (χ2v) is 4.35. The van der Waals surface area contributed by atoms with Crippen molar-refractivity contribution in [2.24, 2.45) is 0 Å². The second kappa shape index (κ2) is 5.27. The van der Waals surface area contributed by atoms with Crippen LogP contribution in [-0.4, -0.2) is 30.6 Å². The highest BCUT2D eigenvalue weighted by molar-refractivity contribution is 5.76. The molecule has 92 valence electrons. The lowest BCUT2D eigenvalue weighted by molar-refractivity contribution is 0.112. The quantitative estimate of drug-likeness (QED) is 0.817. The average molecular weight is 237 g/mol. The van der Waals surface area contributed by atoms with E-state index < -0.39 is 5.82 Å². The molecule has 1 atom stereocenters. The van der Waals surface area contributed by atoms with Gasteiger partial charge in [-0.15, -0.1) is 0 Å². The number of piperidine rings is 1. The number of hydrogen-bond acceptors (Lipinski definition) is 3. The maximum Gasteiger partial charge on any atom is 0.150 e. The molecule has 2 rings (SSSR count). The third kappa shape index (κ3) is 2.47. The van der Waals surface area contributed by atoms with Crippen LogP contribution in [0.5, 0.6) is 0 Å². The summed E-state index contributed by atoms with van der Waals surface area (Å²) in [5.41, 5.74) is 0.818. The first-order valence-electron chi connectivity index (χ1n) is 5.88. The van der Waals surface area contributed by atoms with Gasteiger partial charge in [0.05, 0.1) is 18.3 Å². The largest absolute Gasteiger partial charge is 0.394 e. The van der Waals surface area contributed by atoms with Gasteiger partial charge in [0.1, 0.15) is 12.1 Å². The van der Waals surface area contributed by atoms with Crippen LogP contribution in [-0.2, 0) is 0 Å². The Bertz CT molecular complexity index is 408. The molecule has 1 fully saturated rings. The van der Waals surface area contributed by atoms with E-state index >= 15 is 0 Å². The van der Waals surface area contributed by atoms with Crippen molar-refractivity contribution in [3.05, 3.63) is 29.6 Å². The van der Waals surface area contributed by atoms with E-state index in [1.54, 1.807) is 12.1 Å². The fourth-order valence-electron chi connectivity index (χ4n) is 2.34. The topological polar surface area (TPSA) is 40.5 Å². The Labute approximate surface area is 99.9 Å². The van der Waals surface area contributed by atoms with Gasteiger partial charge in [0.2, 0.25) is 0 Å². The Balaban J connectivity index is 2.28. The van der Waals surface area contributed by atoms with Crippen molar-refractivity contribution in [3.8, 4) is 0 Å². The molecule has 1 aliphatic heterocycles. The average Bonchev–Trinajstić information content (AvgIpc) is 2.38. The number of aliphatic hydroxyl groups is 1. The third-order valence-corrected chi connectivity index (χ3v) is 3.26. The predicted octanol–water partition coefficient (Wildman–Crippen LogP) is 1.99. The molecule has 1 saturated heterocycles. The lowest BCUT2D eigenvalue weighted by atomic mass is 10.0. The van der Waals surface area contributed by atoms with Crippen molar-refractivity contribution in [3.63, 3.8) is 0 Å². The van der Waals surface area contributed by atoms with Crippen LogP contribution in [0.15, 0.2) is 18.2 Å². The number of nitrogens with zero attached hydrogens (tertiary/aromatic N) is 1. The highest BCUT2D eigenvalue weighted by Crippen LogP contribution is 2.27. The lowest BCUT2D eigenvalue weighted by Crippen LogP contribution is -2.42. The van der Waals surface area contributed by atoms with Crippen LogP contribution < -0.4 is 4.90 Å². The minimum absolute atomic E-state index is 0.0136. The number of carbonyl (C=O) groups excluding carboxylic acids is 1. The summed E-state index contributed by atoms with van der Waals surface area (Å²) in [5.74, 6) is -0.394. The van der Waals surface area contributed by atoms with Gasteiger partial charge in [-0.05, 0) is 37.5 Å². The summed E-state index contributed by atoms with van der Waals surface area (Å²) < 4.78 is 13.8. The summed E-state index contributed by atoms with van der Waals surface area (Å²) in [6.45, 7) is 0.789. The second-order valence-electron chi connectivity index (χ2n) is 4.35. The molecular formula is C13H16FNO2. The Morgan fingerprint density at radius 2 is 2.29 bits per heavy atom. The van der Waals surface area contributed by atoms with Gasteiger partial charge in [-0.1, -0.05) is 0 Å². The first-order chi connectivity index (χ1) is 8.26. The fraction of sp³-hybridized carbons (Fsp3) is 0.462. The summed E-state index contributed by atoms with van der Waals surface area (Å²) in [4.78, 5) is 12.4. The van der Waals surface area contributed by atoms with E-state index in [2.05, 4.69) is 0 Å². The Morgan fingerprint density at radius 1 is 1.47 bits per heavy atom. The molecule has 0 saturated carbocycles. The van der Waals surface area contributed by atoms with Gasteiger partial charge in [-0.2, -0.15) is 0 Å². The Kier molecular flexibility index (Phi) is 3.74. The molecule has 1 heterocycles. The molecule has 1 N–H and O–H groups in total. The van der Waals surface area contributed by atoms with E-state index in [1.807, 2.05) is 4.90 Å². The van der Waals surface area contributed by atoms with Gasteiger partial charge < -0.3 is 10.0 Å². The van der Waals surface area contributed by atoms with Crippen molar-refractivity contribution in [1.82, 2.24) is 0 Å². The molecular weight excluding hydrogens is 221 g/mol. The SMILES string of the molecule is O=Cc1ccc(N2CCCCC2CO)c(F)c1. The number of aliphatic hydroxyl groups excluding tert-OH is 1. The first kappa shape index (κ1) is 12.0. The Morgan fingerprint density at radius 3 is 2.94 bits per heavy atom. The molecule has 0 bridgehead atoms. The molecule has 3 nitrogen and oxygen atoms in total. The third-order valence-electron chi connectivity index (χ3n) is 3.26. The van der Waals surface area contributed by atoms with Gasteiger partial charge in [0, 0.05) is 12.1 Å². The number of anilines is 1. The highest BCUT2D eigenvalue weighted by Gasteiger charge is 2.23. The summed E-state index contributed by atoms with van der Waals surface area (Å²) in [6.07, 6.45) is 3.58. The number of benzene rings is 1. The van der Waals surface area contributed by atoms with Gasteiger partial charge in [-0.25, -0.2) is 4.39 Å². The molecule has 1 aromatic carbocycles. The summed E-state index contributed by atoms with van der Waals surface area (Å²) in [5, 5.41) is 9.29.